The Balaban J connectivity index is 1.29. The third-order valence-corrected chi connectivity index (χ3v) is 4.82. The van der Waals surface area contributed by atoms with E-state index in [0.717, 1.165) is 25.2 Å². The van der Waals surface area contributed by atoms with Crippen molar-refractivity contribution in [3.63, 3.8) is 0 Å². The minimum absolute atomic E-state index is 0.0990. The van der Waals surface area contributed by atoms with Gasteiger partial charge in [0.25, 0.3) is 0 Å². The molecule has 4 rings (SSSR count). The number of piperidine rings is 1. The van der Waals surface area contributed by atoms with Gasteiger partial charge in [-0.05, 0) is 29.5 Å². The highest BCUT2D eigenvalue weighted by atomic mass is 19.1. The number of hydrogen-bond donors (Lipinski definition) is 2. The Morgan fingerprint density at radius 3 is 2.42 bits per heavy atom. The minimum Gasteiger partial charge on any atom is -0.478 e. The van der Waals surface area contributed by atoms with Crippen LogP contribution in [0.4, 0.5) is 10.3 Å². The molecule has 1 unspecified atom stereocenters. The van der Waals surface area contributed by atoms with Crippen LogP contribution in [0.2, 0.25) is 0 Å². The lowest BCUT2D eigenvalue weighted by Gasteiger charge is -2.20. The number of rotatable bonds is 5. The van der Waals surface area contributed by atoms with Gasteiger partial charge in [0.2, 0.25) is 5.95 Å². The Morgan fingerprint density at radius 2 is 1.83 bits per heavy atom. The summed E-state index contributed by atoms with van der Waals surface area (Å²) in [5.74, 6) is 0.480. The van der Waals surface area contributed by atoms with Crippen molar-refractivity contribution in [3.05, 3.63) is 53.6 Å². The van der Waals surface area contributed by atoms with Gasteiger partial charge in [0.15, 0.2) is 0 Å². The summed E-state index contributed by atoms with van der Waals surface area (Å²) < 4.78 is 12.9. The van der Waals surface area contributed by atoms with Gasteiger partial charge in [0.05, 0.1) is 5.56 Å². The van der Waals surface area contributed by atoms with E-state index < -0.39 is 5.97 Å². The summed E-state index contributed by atoms with van der Waals surface area (Å²) in [6.07, 6.45) is 2.69. The highest BCUT2D eigenvalue weighted by Crippen LogP contribution is 2.46. The van der Waals surface area contributed by atoms with Crippen LogP contribution in [-0.2, 0) is 6.54 Å². The first kappa shape index (κ1) is 15.0. The molecular formula is C17H17FN4O2. The van der Waals surface area contributed by atoms with Gasteiger partial charge in [-0.25, -0.2) is 19.2 Å². The zero-order valence-electron chi connectivity index (χ0n) is 12.9. The Morgan fingerprint density at radius 1 is 1.21 bits per heavy atom. The zero-order chi connectivity index (χ0) is 16.7. The normalized spacial score (nSPS) is 24.7. The lowest BCUT2D eigenvalue weighted by molar-refractivity contribution is 0.0696. The van der Waals surface area contributed by atoms with Gasteiger partial charge < -0.3 is 15.3 Å². The molecule has 3 atom stereocenters. The van der Waals surface area contributed by atoms with Crippen LogP contribution in [0.15, 0.2) is 36.7 Å². The smallest absolute Gasteiger partial charge is 0.338 e. The van der Waals surface area contributed by atoms with Crippen molar-refractivity contribution >= 4 is 11.9 Å². The van der Waals surface area contributed by atoms with Crippen molar-refractivity contribution in [3.8, 4) is 0 Å². The Bertz CT molecular complexity index is 738. The molecule has 0 amide bonds. The summed E-state index contributed by atoms with van der Waals surface area (Å²) in [6, 6.07) is 7.02. The third-order valence-electron chi connectivity index (χ3n) is 4.82. The van der Waals surface area contributed by atoms with Crippen LogP contribution in [-0.4, -0.2) is 40.2 Å². The highest BCUT2D eigenvalue weighted by molar-refractivity contribution is 5.86. The number of anilines is 1. The van der Waals surface area contributed by atoms with Crippen molar-refractivity contribution in [2.24, 2.45) is 11.8 Å². The number of hydrogen-bond acceptors (Lipinski definition) is 5. The fourth-order valence-electron chi connectivity index (χ4n) is 3.43. The second kappa shape index (κ2) is 5.83. The number of benzene rings is 1. The van der Waals surface area contributed by atoms with Gasteiger partial charge in [-0.2, -0.15) is 0 Å². The number of nitrogens with one attached hydrogen (secondary N) is 1. The van der Waals surface area contributed by atoms with Crippen LogP contribution < -0.4 is 10.2 Å². The van der Waals surface area contributed by atoms with E-state index in [9.17, 15) is 9.18 Å². The van der Waals surface area contributed by atoms with Crippen molar-refractivity contribution in [2.75, 3.05) is 18.0 Å². The second-order valence-electron chi connectivity index (χ2n) is 6.34. The molecule has 7 heteroatoms. The number of fused-ring (bicyclic) bond motifs is 1. The van der Waals surface area contributed by atoms with Crippen molar-refractivity contribution in [2.45, 2.75) is 12.6 Å². The van der Waals surface area contributed by atoms with E-state index in [1.165, 1.54) is 24.5 Å². The molecule has 1 saturated carbocycles. The molecule has 24 heavy (non-hydrogen) atoms. The molecular weight excluding hydrogens is 311 g/mol. The average Bonchev–Trinajstić information content (AvgIpc) is 3.04. The monoisotopic (exact) mass is 328 g/mol. The molecule has 2 fully saturated rings. The van der Waals surface area contributed by atoms with Crippen LogP contribution in [0.1, 0.15) is 15.9 Å². The maximum atomic E-state index is 12.9. The zero-order valence-corrected chi connectivity index (χ0v) is 12.9. The molecule has 0 bridgehead atoms. The number of halogens is 1. The largest absolute Gasteiger partial charge is 0.478 e. The third kappa shape index (κ3) is 2.82. The average molecular weight is 328 g/mol. The SMILES string of the molecule is O=C(O)c1cnc(N2C[C@@H]3C(NCc4ccc(F)cc4)[C@@H]3C2)nc1. The lowest BCUT2D eigenvalue weighted by atomic mass is 10.2. The summed E-state index contributed by atoms with van der Waals surface area (Å²) in [5, 5.41) is 12.4. The van der Waals surface area contributed by atoms with E-state index in [1.807, 2.05) is 0 Å². The first-order valence-corrected chi connectivity index (χ1v) is 7.90. The van der Waals surface area contributed by atoms with Crippen molar-refractivity contribution in [1.82, 2.24) is 15.3 Å². The molecule has 1 aromatic heterocycles. The summed E-state index contributed by atoms with van der Waals surface area (Å²) in [5.41, 5.74) is 1.17. The first-order chi connectivity index (χ1) is 11.6. The standard InChI is InChI=1S/C17H17FN4O2/c18-12-3-1-10(2-4-12)5-19-15-13-8-22(9-14(13)15)17-20-6-11(7-21-17)16(23)24/h1-4,6-7,13-15,19H,5,8-9H2,(H,23,24)/t13-,14+,15?. The number of aromatic carboxylic acids is 1. The fourth-order valence-corrected chi connectivity index (χ4v) is 3.43. The predicted octanol–water partition coefficient (Wildman–Crippen LogP) is 1.54. The predicted molar refractivity (Wildman–Crippen MR) is 85.2 cm³/mol. The van der Waals surface area contributed by atoms with E-state index in [4.69, 9.17) is 5.11 Å². The maximum absolute atomic E-state index is 12.9. The van der Waals surface area contributed by atoms with Crippen LogP contribution in [0.25, 0.3) is 0 Å². The molecule has 2 N–H and O–H groups in total. The van der Waals surface area contributed by atoms with E-state index >= 15 is 0 Å². The van der Waals surface area contributed by atoms with Crippen molar-refractivity contribution in [1.29, 1.82) is 0 Å². The fraction of sp³-hybridized carbons (Fsp3) is 0.353. The molecule has 0 radical (unpaired) electrons. The topological polar surface area (TPSA) is 78.3 Å². The molecule has 1 aliphatic carbocycles. The minimum atomic E-state index is -1.02. The lowest BCUT2D eigenvalue weighted by Crippen LogP contribution is -2.32. The van der Waals surface area contributed by atoms with Gasteiger partial charge >= 0.3 is 5.97 Å². The second-order valence-corrected chi connectivity index (χ2v) is 6.34. The van der Waals surface area contributed by atoms with E-state index in [1.54, 1.807) is 12.1 Å². The van der Waals surface area contributed by atoms with E-state index in [-0.39, 0.29) is 11.4 Å². The Kier molecular flexibility index (Phi) is 3.65. The highest BCUT2D eigenvalue weighted by Gasteiger charge is 2.55. The summed E-state index contributed by atoms with van der Waals surface area (Å²) in [6.45, 7) is 2.48. The first-order valence-electron chi connectivity index (χ1n) is 7.90. The van der Waals surface area contributed by atoms with Gasteiger partial charge in [-0.1, -0.05) is 12.1 Å². The van der Waals surface area contributed by atoms with E-state index in [2.05, 4.69) is 20.2 Å². The number of carbonyl (C=O) groups is 1. The molecule has 2 heterocycles. The van der Waals surface area contributed by atoms with E-state index in [0.29, 0.717) is 23.8 Å². The van der Waals surface area contributed by atoms with Gasteiger partial charge in [-0.15, -0.1) is 0 Å². The molecule has 1 saturated heterocycles. The Labute approximate surface area is 138 Å². The molecule has 0 spiro atoms. The summed E-state index contributed by atoms with van der Waals surface area (Å²) >= 11 is 0. The molecule has 124 valence electrons. The van der Waals surface area contributed by atoms with Gasteiger partial charge in [0, 0.05) is 38.1 Å². The van der Waals surface area contributed by atoms with Gasteiger partial charge in [0.1, 0.15) is 5.82 Å². The van der Waals surface area contributed by atoms with Crippen LogP contribution in [0.5, 0.6) is 0 Å². The van der Waals surface area contributed by atoms with Crippen LogP contribution in [0, 0.1) is 17.7 Å². The summed E-state index contributed by atoms with van der Waals surface area (Å²) in [4.78, 5) is 21.2. The summed E-state index contributed by atoms with van der Waals surface area (Å²) in [7, 11) is 0. The number of carboxylic acids is 1. The maximum Gasteiger partial charge on any atom is 0.338 e. The quantitative estimate of drug-likeness (QED) is 0.867. The molecule has 6 nitrogen and oxygen atoms in total. The van der Waals surface area contributed by atoms with Gasteiger partial charge in [-0.3, -0.25) is 0 Å². The molecule has 2 aromatic rings. The molecule has 1 aromatic carbocycles. The van der Waals surface area contributed by atoms with Crippen molar-refractivity contribution < 1.29 is 14.3 Å². The Hall–Kier alpha value is -2.54. The number of aromatic nitrogens is 2. The number of carboxylic acid groups (broad SMARTS) is 1. The molecule has 1 aliphatic heterocycles. The van der Waals surface area contributed by atoms with Crippen LogP contribution in [0.3, 0.4) is 0 Å². The molecule has 2 aliphatic rings. The number of nitrogens with zero attached hydrogens (tertiary/aromatic N) is 3. The van der Waals surface area contributed by atoms with Crippen LogP contribution >= 0.6 is 0 Å².